The quantitative estimate of drug-likeness (QED) is 0.752. The van der Waals surface area contributed by atoms with Gasteiger partial charge in [-0.15, -0.1) is 11.8 Å². The fourth-order valence-corrected chi connectivity index (χ4v) is 3.82. The van der Waals surface area contributed by atoms with Crippen LogP contribution in [0, 0.1) is 12.8 Å². The summed E-state index contributed by atoms with van der Waals surface area (Å²) in [4.78, 5) is 31.0. The van der Waals surface area contributed by atoms with Crippen LogP contribution in [0.1, 0.15) is 28.8 Å². The molecule has 6 nitrogen and oxygen atoms in total. The minimum atomic E-state index is -0.192. The summed E-state index contributed by atoms with van der Waals surface area (Å²) in [7, 11) is 0. The van der Waals surface area contributed by atoms with Crippen molar-refractivity contribution in [3.05, 3.63) is 53.7 Å². The zero-order valence-electron chi connectivity index (χ0n) is 16.3. The molecule has 148 valence electrons. The van der Waals surface area contributed by atoms with Crippen molar-refractivity contribution in [1.29, 1.82) is 0 Å². The van der Waals surface area contributed by atoms with E-state index in [0.717, 1.165) is 29.1 Å². The van der Waals surface area contributed by atoms with E-state index in [4.69, 9.17) is 0 Å². The highest BCUT2D eigenvalue weighted by Crippen LogP contribution is 2.22. The lowest BCUT2D eigenvalue weighted by molar-refractivity contribution is 0.0686. The van der Waals surface area contributed by atoms with Crippen LogP contribution in [-0.2, 0) is 0 Å². The highest BCUT2D eigenvalue weighted by molar-refractivity contribution is 7.98. The van der Waals surface area contributed by atoms with Gasteiger partial charge >= 0.3 is 6.03 Å². The summed E-state index contributed by atoms with van der Waals surface area (Å²) in [5.41, 5.74) is 2.61. The Balaban J connectivity index is 1.44. The maximum Gasteiger partial charge on any atom is 0.319 e. The molecule has 2 heterocycles. The van der Waals surface area contributed by atoms with Crippen molar-refractivity contribution in [1.82, 2.24) is 15.2 Å². The topological polar surface area (TPSA) is 74.3 Å². The molecule has 0 bridgehead atoms. The molecule has 1 fully saturated rings. The molecule has 1 aliphatic rings. The summed E-state index contributed by atoms with van der Waals surface area (Å²) < 4.78 is 0. The zero-order valence-corrected chi connectivity index (χ0v) is 17.1. The van der Waals surface area contributed by atoms with Crippen molar-refractivity contribution < 1.29 is 9.59 Å². The molecule has 0 radical (unpaired) electrons. The number of urea groups is 1. The first-order chi connectivity index (χ1) is 13.6. The number of thioether (sulfide) groups is 1. The number of likely N-dealkylation sites (tertiary alicyclic amines) is 1. The second kappa shape index (κ2) is 9.59. The third-order valence-electron chi connectivity index (χ3n) is 4.96. The lowest BCUT2D eigenvalue weighted by Gasteiger charge is -2.32. The van der Waals surface area contributed by atoms with E-state index < -0.39 is 0 Å². The molecule has 1 aliphatic heterocycles. The predicted octanol–water partition coefficient (Wildman–Crippen LogP) is 3.79. The van der Waals surface area contributed by atoms with E-state index in [1.54, 1.807) is 12.3 Å². The van der Waals surface area contributed by atoms with Crippen LogP contribution in [0.2, 0.25) is 0 Å². The Kier molecular flexibility index (Phi) is 6.92. The van der Waals surface area contributed by atoms with Crippen LogP contribution < -0.4 is 10.6 Å². The number of rotatable bonds is 5. The molecule has 7 heteroatoms. The first-order valence-electron chi connectivity index (χ1n) is 9.46. The third kappa shape index (κ3) is 5.25. The number of amides is 3. The van der Waals surface area contributed by atoms with E-state index in [0.29, 0.717) is 31.1 Å². The first kappa shape index (κ1) is 20.2. The number of aryl methyl sites for hydroxylation is 1. The molecule has 0 aliphatic carbocycles. The average Bonchev–Trinajstić information content (AvgIpc) is 2.73. The van der Waals surface area contributed by atoms with Crippen LogP contribution in [0.3, 0.4) is 0 Å². The summed E-state index contributed by atoms with van der Waals surface area (Å²) in [5, 5.41) is 6.56. The number of anilines is 1. The molecule has 2 N–H and O–H groups in total. The van der Waals surface area contributed by atoms with E-state index in [9.17, 15) is 9.59 Å². The van der Waals surface area contributed by atoms with Crippen molar-refractivity contribution in [3.63, 3.8) is 0 Å². The third-order valence-corrected chi connectivity index (χ3v) is 5.67. The highest BCUT2D eigenvalue weighted by Gasteiger charge is 2.25. The summed E-state index contributed by atoms with van der Waals surface area (Å²) in [6.45, 7) is 4.03. The van der Waals surface area contributed by atoms with Gasteiger partial charge in [0.05, 0.1) is 5.56 Å². The summed E-state index contributed by atoms with van der Waals surface area (Å²) in [6, 6.07) is 11.2. The summed E-state index contributed by atoms with van der Waals surface area (Å²) >= 11 is 1.49. The summed E-state index contributed by atoms with van der Waals surface area (Å²) in [6.07, 6.45) is 5.40. The normalized spacial score (nSPS) is 14.6. The van der Waals surface area contributed by atoms with Gasteiger partial charge < -0.3 is 15.5 Å². The second-order valence-corrected chi connectivity index (χ2v) is 7.79. The van der Waals surface area contributed by atoms with Crippen molar-refractivity contribution in [2.45, 2.75) is 24.8 Å². The van der Waals surface area contributed by atoms with Gasteiger partial charge in [-0.1, -0.05) is 17.7 Å². The van der Waals surface area contributed by atoms with Crippen LogP contribution >= 0.6 is 11.8 Å². The maximum atomic E-state index is 12.8. The molecule has 0 unspecified atom stereocenters. The number of hydrogen-bond acceptors (Lipinski definition) is 4. The number of aromatic nitrogens is 1. The zero-order chi connectivity index (χ0) is 19.9. The number of carbonyl (C=O) groups excluding carboxylic acids is 2. The van der Waals surface area contributed by atoms with Gasteiger partial charge in [0.25, 0.3) is 5.91 Å². The van der Waals surface area contributed by atoms with Gasteiger partial charge in [-0.2, -0.15) is 0 Å². The van der Waals surface area contributed by atoms with E-state index in [1.807, 2.05) is 48.4 Å². The fourth-order valence-electron chi connectivity index (χ4n) is 3.28. The Morgan fingerprint density at radius 1 is 1.18 bits per heavy atom. The van der Waals surface area contributed by atoms with Crippen LogP contribution in [0.4, 0.5) is 10.5 Å². The smallest absolute Gasteiger partial charge is 0.319 e. The average molecular weight is 399 g/mol. The van der Waals surface area contributed by atoms with Gasteiger partial charge in [0.2, 0.25) is 0 Å². The van der Waals surface area contributed by atoms with E-state index in [1.165, 1.54) is 11.8 Å². The van der Waals surface area contributed by atoms with E-state index in [2.05, 4.69) is 15.6 Å². The van der Waals surface area contributed by atoms with Crippen molar-refractivity contribution in [3.8, 4) is 0 Å². The lowest BCUT2D eigenvalue weighted by atomic mass is 9.96. The SMILES string of the molecule is CSc1ncccc1C(=O)N1CCC(CNC(=O)Nc2ccc(C)cc2)CC1. The molecule has 2 aromatic rings. The number of hydrogen-bond donors (Lipinski definition) is 2. The minimum Gasteiger partial charge on any atom is -0.339 e. The summed E-state index contributed by atoms with van der Waals surface area (Å²) in [5.74, 6) is 0.419. The number of nitrogens with zero attached hydrogens (tertiary/aromatic N) is 2. The van der Waals surface area contributed by atoms with Crippen LogP contribution in [0.25, 0.3) is 0 Å². The predicted molar refractivity (Wildman–Crippen MR) is 113 cm³/mol. The molecule has 28 heavy (non-hydrogen) atoms. The standard InChI is InChI=1S/C21H26N4O2S/c1-15-5-7-17(8-6-15)24-21(27)23-14-16-9-12-25(13-10-16)20(26)18-4-3-11-22-19(18)28-2/h3-8,11,16H,9-10,12-14H2,1-2H3,(H2,23,24,27). The maximum absolute atomic E-state index is 12.8. The second-order valence-electron chi connectivity index (χ2n) is 7.00. The molecule has 1 aromatic carbocycles. The Hall–Kier alpha value is -2.54. The van der Waals surface area contributed by atoms with Gasteiger partial charge in [-0.3, -0.25) is 4.79 Å². The molecule has 0 atom stereocenters. The van der Waals surface area contributed by atoms with Crippen LogP contribution in [-0.4, -0.2) is 47.7 Å². The number of benzene rings is 1. The minimum absolute atomic E-state index is 0.0426. The fraction of sp³-hybridized carbons (Fsp3) is 0.381. The first-order valence-corrected chi connectivity index (χ1v) is 10.7. The van der Waals surface area contributed by atoms with Crippen molar-refractivity contribution in [2.75, 3.05) is 31.2 Å². The Morgan fingerprint density at radius 2 is 1.89 bits per heavy atom. The van der Waals surface area contributed by atoms with Gasteiger partial charge in [0.1, 0.15) is 5.03 Å². The molecule has 3 amide bonds. The number of carbonyl (C=O) groups is 2. The molecular weight excluding hydrogens is 372 g/mol. The van der Waals surface area contributed by atoms with Crippen LogP contribution in [0.15, 0.2) is 47.6 Å². The Bertz CT molecular complexity index is 817. The largest absolute Gasteiger partial charge is 0.339 e. The van der Waals surface area contributed by atoms with E-state index in [-0.39, 0.29) is 11.9 Å². The lowest BCUT2D eigenvalue weighted by Crippen LogP contribution is -2.42. The molecule has 0 saturated carbocycles. The van der Waals surface area contributed by atoms with E-state index >= 15 is 0 Å². The highest BCUT2D eigenvalue weighted by atomic mass is 32.2. The van der Waals surface area contributed by atoms with Gasteiger partial charge in [-0.05, 0) is 56.2 Å². The van der Waals surface area contributed by atoms with Crippen molar-refractivity contribution >= 4 is 29.4 Å². The van der Waals surface area contributed by atoms with Gasteiger partial charge in [-0.25, -0.2) is 9.78 Å². The number of piperidine rings is 1. The number of pyridine rings is 1. The Labute approximate surface area is 170 Å². The molecule has 0 spiro atoms. The molecule has 3 rings (SSSR count). The number of nitrogens with one attached hydrogen (secondary N) is 2. The Morgan fingerprint density at radius 3 is 2.57 bits per heavy atom. The van der Waals surface area contributed by atoms with Crippen LogP contribution in [0.5, 0.6) is 0 Å². The van der Waals surface area contributed by atoms with Crippen molar-refractivity contribution in [2.24, 2.45) is 5.92 Å². The van der Waals surface area contributed by atoms with Gasteiger partial charge in [0.15, 0.2) is 0 Å². The monoisotopic (exact) mass is 398 g/mol. The molecular formula is C21H26N4O2S. The van der Waals surface area contributed by atoms with Gasteiger partial charge in [0, 0.05) is 31.5 Å². The molecule has 1 saturated heterocycles. The molecule has 1 aromatic heterocycles.